The molecule has 1 unspecified atom stereocenters. The summed E-state index contributed by atoms with van der Waals surface area (Å²) < 4.78 is 24.1. The van der Waals surface area contributed by atoms with E-state index in [1.165, 1.54) is 22.6 Å². The molecule has 0 spiro atoms. The van der Waals surface area contributed by atoms with Gasteiger partial charge in [-0.05, 0) is 18.2 Å². The number of nitrogens with one attached hydrogen (secondary N) is 2. The van der Waals surface area contributed by atoms with Gasteiger partial charge in [0.1, 0.15) is 37.3 Å². The maximum atomic E-state index is 13.0. The second-order valence-electron chi connectivity index (χ2n) is 6.53. The van der Waals surface area contributed by atoms with E-state index in [1.807, 2.05) is 18.2 Å². The Morgan fingerprint density at radius 2 is 2.11 bits per heavy atom. The Hall–Kier alpha value is -2.15. The van der Waals surface area contributed by atoms with Crippen molar-refractivity contribution in [1.82, 2.24) is 5.32 Å². The van der Waals surface area contributed by atoms with Gasteiger partial charge in [-0.15, -0.1) is 0 Å². The van der Waals surface area contributed by atoms with Crippen LogP contribution in [-0.4, -0.2) is 44.9 Å². The van der Waals surface area contributed by atoms with E-state index in [0.29, 0.717) is 13.2 Å². The molecule has 0 bridgehead atoms. The molecule has 0 aliphatic carbocycles. The lowest BCUT2D eigenvalue weighted by Gasteiger charge is -2.30. The molecular weight excluding hydrogens is 371 g/mol. The average Bonchev–Trinajstić information content (AvgIpc) is 2.67. The number of rotatable bonds is 7. The Morgan fingerprint density at radius 3 is 2.89 bits per heavy atom. The lowest BCUT2D eigenvalue weighted by atomic mass is 10.2. The minimum absolute atomic E-state index is 0.0316. The van der Waals surface area contributed by atoms with Gasteiger partial charge < -0.3 is 19.7 Å². The first kappa shape index (κ1) is 19.6. The number of ether oxygens (including phenoxy) is 2. The Balaban J connectivity index is 1.40. The molecule has 2 aromatic carbocycles. The van der Waals surface area contributed by atoms with E-state index in [-0.39, 0.29) is 29.4 Å². The fourth-order valence-corrected chi connectivity index (χ4v) is 3.27. The predicted molar refractivity (Wildman–Crippen MR) is 100 cm³/mol. The first-order valence-corrected chi connectivity index (χ1v) is 9.31. The zero-order chi connectivity index (χ0) is 19.1. The first-order chi connectivity index (χ1) is 13.1. The van der Waals surface area contributed by atoms with Crippen LogP contribution in [0.1, 0.15) is 5.56 Å². The van der Waals surface area contributed by atoms with Crippen LogP contribution in [0.5, 0.6) is 5.75 Å². The minimum Gasteiger partial charge on any atom is -0.482 e. The molecular formula is C20H23ClFN2O3+. The standard InChI is InChI=1S/C20H22ClFN2O3/c21-18-10-16(22)6-7-19(18)27-14-20(25)23-11-17-13-24(8-9-26-17)12-15-4-2-1-3-5-15/h1-7,10,17H,8-9,11-14H2,(H,23,25)/p+1/t17-/m0/s1. The lowest BCUT2D eigenvalue weighted by Crippen LogP contribution is -3.13. The van der Waals surface area contributed by atoms with Crippen molar-refractivity contribution in [3.63, 3.8) is 0 Å². The minimum atomic E-state index is -0.450. The monoisotopic (exact) mass is 393 g/mol. The Morgan fingerprint density at radius 1 is 1.30 bits per heavy atom. The molecule has 1 aliphatic rings. The molecule has 1 aliphatic heterocycles. The van der Waals surface area contributed by atoms with Gasteiger partial charge in [-0.2, -0.15) is 0 Å². The number of hydrogen-bond donors (Lipinski definition) is 2. The first-order valence-electron chi connectivity index (χ1n) is 8.94. The second-order valence-corrected chi connectivity index (χ2v) is 6.93. The third-order valence-corrected chi connectivity index (χ3v) is 4.70. The summed E-state index contributed by atoms with van der Waals surface area (Å²) in [6, 6.07) is 14.1. The molecule has 2 N–H and O–H groups in total. The fourth-order valence-electron chi connectivity index (χ4n) is 3.04. The number of morpholine rings is 1. The maximum Gasteiger partial charge on any atom is 0.258 e. The highest BCUT2D eigenvalue weighted by molar-refractivity contribution is 6.32. The van der Waals surface area contributed by atoms with E-state index in [4.69, 9.17) is 21.1 Å². The molecule has 1 saturated heterocycles. The molecule has 0 saturated carbocycles. The second kappa shape index (κ2) is 9.69. The zero-order valence-electron chi connectivity index (χ0n) is 14.9. The zero-order valence-corrected chi connectivity index (χ0v) is 15.7. The Labute approximate surface area is 163 Å². The van der Waals surface area contributed by atoms with E-state index in [9.17, 15) is 9.18 Å². The van der Waals surface area contributed by atoms with E-state index < -0.39 is 5.82 Å². The van der Waals surface area contributed by atoms with Crippen molar-refractivity contribution in [2.24, 2.45) is 0 Å². The van der Waals surface area contributed by atoms with Crippen molar-refractivity contribution in [1.29, 1.82) is 0 Å². The highest BCUT2D eigenvalue weighted by atomic mass is 35.5. The molecule has 7 heteroatoms. The van der Waals surface area contributed by atoms with Gasteiger partial charge in [-0.3, -0.25) is 4.79 Å². The number of halogens is 2. The summed E-state index contributed by atoms with van der Waals surface area (Å²) in [5.74, 6) is -0.441. The van der Waals surface area contributed by atoms with Crippen molar-refractivity contribution in [2.75, 3.05) is 32.8 Å². The molecule has 27 heavy (non-hydrogen) atoms. The van der Waals surface area contributed by atoms with Crippen LogP contribution in [-0.2, 0) is 16.1 Å². The highest BCUT2D eigenvalue weighted by Crippen LogP contribution is 2.24. The summed E-state index contributed by atoms with van der Waals surface area (Å²) in [6.07, 6.45) is -0.0316. The number of hydrogen-bond acceptors (Lipinski definition) is 3. The largest absolute Gasteiger partial charge is 0.482 e. The maximum absolute atomic E-state index is 13.0. The Kier molecular flexibility index (Phi) is 7.04. The molecule has 1 heterocycles. The van der Waals surface area contributed by atoms with Crippen LogP contribution in [0.25, 0.3) is 0 Å². The molecule has 1 fully saturated rings. The molecule has 2 atom stereocenters. The highest BCUT2D eigenvalue weighted by Gasteiger charge is 2.24. The van der Waals surface area contributed by atoms with Gasteiger partial charge in [0.25, 0.3) is 5.91 Å². The van der Waals surface area contributed by atoms with E-state index >= 15 is 0 Å². The van der Waals surface area contributed by atoms with E-state index in [2.05, 4.69) is 17.4 Å². The topological polar surface area (TPSA) is 52.0 Å². The number of carbonyl (C=O) groups excluding carboxylic acids is 1. The van der Waals surface area contributed by atoms with Gasteiger partial charge in [0, 0.05) is 12.1 Å². The Bertz CT molecular complexity index is 760. The SMILES string of the molecule is O=C(COc1ccc(F)cc1Cl)NC[C@H]1C[NH+](Cc2ccccc2)CCO1. The predicted octanol–water partition coefficient (Wildman–Crippen LogP) is 1.46. The van der Waals surface area contributed by atoms with Crippen LogP contribution in [0.15, 0.2) is 48.5 Å². The summed E-state index contributed by atoms with van der Waals surface area (Å²) in [5.41, 5.74) is 1.29. The molecule has 1 amide bonds. The third kappa shape index (κ3) is 6.20. The van der Waals surface area contributed by atoms with Crippen molar-refractivity contribution in [2.45, 2.75) is 12.6 Å². The van der Waals surface area contributed by atoms with Gasteiger partial charge in [-0.25, -0.2) is 4.39 Å². The normalized spacial score (nSPS) is 19.5. The average molecular weight is 394 g/mol. The van der Waals surface area contributed by atoms with Crippen LogP contribution in [0, 0.1) is 5.82 Å². The summed E-state index contributed by atoms with van der Waals surface area (Å²) in [6.45, 7) is 3.65. The summed E-state index contributed by atoms with van der Waals surface area (Å²) in [4.78, 5) is 13.4. The van der Waals surface area contributed by atoms with Crippen LogP contribution in [0.2, 0.25) is 5.02 Å². The molecule has 0 aromatic heterocycles. The van der Waals surface area contributed by atoms with Gasteiger partial charge in [-0.1, -0.05) is 41.9 Å². The van der Waals surface area contributed by atoms with E-state index in [0.717, 1.165) is 25.7 Å². The van der Waals surface area contributed by atoms with Crippen LogP contribution in [0.4, 0.5) is 4.39 Å². The van der Waals surface area contributed by atoms with Crippen molar-refractivity contribution >= 4 is 17.5 Å². The molecule has 2 aromatic rings. The number of benzene rings is 2. The van der Waals surface area contributed by atoms with Gasteiger partial charge in [0.15, 0.2) is 6.61 Å². The van der Waals surface area contributed by atoms with E-state index in [1.54, 1.807) is 0 Å². The van der Waals surface area contributed by atoms with Gasteiger partial charge >= 0.3 is 0 Å². The molecule has 0 radical (unpaired) electrons. The van der Waals surface area contributed by atoms with Crippen molar-refractivity contribution in [3.05, 3.63) is 64.9 Å². The number of amides is 1. The summed E-state index contributed by atoms with van der Waals surface area (Å²) >= 11 is 5.87. The quantitative estimate of drug-likeness (QED) is 0.748. The molecule has 144 valence electrons. The summed E-state index contributed by atoms with van der Waals surface area (Å²) in [7, 11) is 0. The third-order valence-electron chi connectivity index (χ3n) is 4.40. The van der Waals surface area contributed by atoms with Crippen LogP contribution in [0.3, 0.4) is 0 Å². The van der Waals surface area contributed by atoms with Crippen LogP contribution < -0.4 is 15.0 Å². The number of carbonyl (C=O) groups is 1. The van der Waals surface area contributed by atoms with Crippen molar-refractivity contribution in [3.8, 4) is 5.75 Å². The molecule has 5 nitrogen and oxygen atoms in total. The van der Waals surface area contributed by atoms with Crippen molar-refractivity contribution < 1.29 is 23.6 Å². The lowest BCUT2D eigenvalue weighted by molar-refractivity contribution is -0.925. The van der Waals surface area contributed by atoms with Gasteiger partial charge in [0.05, 0.1) is 11.6 Å². The van der Waals surface area contributed by atoms with Crippen LogP contribution >= 0.6 is 11.6 Å². The van der Waals surface area contributed by atoms with Gasteiger partial charge in [0.2, 0.25) is 0 Å². The molecule has 3 rings (SSSR count). The fraction of sp³-hybridized carbons (Fsp3) is 0.350. The smallest absolute Gasteiger partial charge is 0.258 e. The summed E-state index contributed by atoms with van der Waals surface area (Å²) in [5, 5.41) is 2.96. The number of quaternary nitrogens is 1.